The van der Waals surface area contributed by atoms with Crippen molar-refractivity contribution in [2.75, 3.05) is 23.4 Å². The van der Waals surface area contributed by atoms with Crippen molar-refractivity contribution in [3.63, 3.8) is 0 Å². The molecule has 21 heavy (non-hydrogen) atoms. The van der Waals surface area contributed by atoms with Gasteiger partial charge < -0.3 is 15.7 Å². The van der Waals surface area contributed by atoms with Gasteiger partial charge in [0.1, 0.15) is 5.82 Å². The summed E-state index contributed by atoms with van der Waals surface area (Å²) >= 11 is 1.90. The van der Waals surface area contributed by atoms with Crippen molar-refractivity contribution >= 4 is 29.4 Å². The van der Waals surface area contributed by atoms with E-state index in [2.05, 4.69) is 10.6 Å². The van der Waals surface area contributed by atoms with E-state index < -0.39 is 17.8 Å². The lowest BCUT2D eigenvalue weighted by Gasteiger charge is -2.21. The van der Waals surface area contributed by atoms with Crippen molar-refractivity contribution in [2.45, 2.75) is 12.8 Å². The maximum atomic E-state index is 13.7. The highest BCUT2D eigenvalue weighted by atomic mass is 32.2. The molecule has 0 bridgehead atoms. The van der Waals surface area contributed by atoms with Crippen LogP contribution in [-0.4, -0.2) is 35.2 Å². The first-order chi connectivity index (χ1) is 10.1. The summed E-state index contributed by atoms with van der Waals surface area (Å²) in [4.78, 5) is 22.8. The van der Waals surface area contributed by atoms with Gasteiger partial charge in [-0.1, -0.05) is 6.07 Å². The van der Waals surface area contributed by atoms with Crippen LogP contribution in [0.4, 0.5) is 14.9 Å². The third kappa shape index (κ3) is 4.35. The van der Waals surface area contributed by atoms with Gasteiger partial charge in [-0.25, -0.2) is 14.0 Å². The minimum Gasteiger partial charge on any atom is -0.478 e. The van der Waals surface area contributed by atoms with Crippen LogP contribution in [0, 0.1) is 11.7 Å². The molecule has 1 aliphatic heterocycles. The summed E-state index contributed by atoms with van der Waals surface area (Å²) in [6.07, 6.45) is 2.09. The van der Waals surface area contributed by atoms with E-state index >= 15 is 0 Å². The van der Waals surface area contributed by atoms with E-state index in [9.17, 15) is 14.0 Å². The van der Waals surface area contributed by atoms with E-state index in [0.29, 0.717) is 12.5 Å². The standard InChI is InChI=1S/C14H17FN2O3S/c15-11-3-1-2-10(13(18)19)12(11)17-14(20)16-8-9-4-6-21-7-5-9/h1-3,9H,4-8H2,(H,18,19)(H2,16,17,20). The molecule has 0 spiro atoms. The molecule has 0 radical (unpaired) electrons. The Hall–Kier alpha value is -1.76. The Balaban J connectivity index is 1.94. The normalized spacial score (nSPS) is 15.5. The molecule has 0 atom stereocenters. The second-order valence-corrected chi connectivity index (χ2v) is 6.08. The number of carbonyl (C=O) groups is 2. The summed E-state index contributed by atoms with van der Waals surface area (Å²) in [5.41, 5.74) is -0.569. The van der Waals surface area contributed by atoms with Gasteiger partial charge in [-0.15, -0.1) is 0 Å². The molecule has 114 valence electrons. The lowest BCUT2D eigenvalue weighted by molar-refractivity contribution is 0.0697. The highest BCUT2D eigenvalue weighted by Crippen LogP contribution is 2.22. The predicted octanol–water partition coefficient (Wildman–Crippen LogP) is 2.79. The molecule has 1 saturated heterocycles. The Bertz CT molecular complexity index is 533. The smallest absolute Gasteiger partial charge is 0.337 e. The third-order valence-corrected chi connectivity index (χ3v) is 4.42. The zero-order chi connectivity index (χ0) is 15.2. The minimum absolute atomic E-state index is 0.265. The number of hydrogen-bond acceptors (Lipinski definition) is 3. The fourth-order valence-corrected chi connectivity index (χ4v) is 3.38. The Morgan fingerprint density at radius 3 is 2.71 bits per heavy atom. The zero-order valence-electron chi connectivity index (χ0n) is 11.4. The Labute approximate surface area is 126 Å². The number of nitrogens with one attached hydrogen (secondary N) is 2. The molecule has 1 heterocycles. The second kappa shape index (κ2) is 7.31. The fourth-order valence-electron chi connectivity index (χ4n) is 2.17. The first-order valence-electron chi connectivity index (χ1n) is 6.72. The van der Waals surface area contributed by atoms with Crippen LogP contribution in [0.5, 0.6) is 0 Å². The van der Waals surface area contributed by atoms with Crippen LogP contribution in [0.15, 0.2) is 18.2 Å². The number of carbonyl (C=O) groups excluding carboxylic acids is 1. The van der Waals surface area contributed by atoms with Gasteiger partial charge in [0.15, 0.2) is 0 Å². The minimum atomic E-state index is -1.28. The van der Waals surface area contributed by atoms with Gasteiger partial charge in [0.25, 0.3) is 0 Å². The van der Waals surface area contributed by atoms with Gasteiger partial charge in [0, 0.05) is 6.54 Å². The predicted molar refractivity (Wildman–Crippen MR) is 80.4 cm³/mol. The van der Waals surface area contributed by atoms with E-state index in [1.165, 1.54) is 12.1 Å². The van der Waals surface area contributed by atoms with E-state index in [0.717, 1.165) is 30.4 Å². The van der Waals surface area contributed by atoms with Crippen LogP contribution in [-0.2, 0) is 0 Å². The summed E-state index contributed by atoms with van der Waals surface area (Å²) in [5.74, 6) is 0.555. The largest absolute Gasteiger partial charge is 0.478 e. The number of hydrogen-bond donors (Lipinski definition) is 3. The average molecular weight is 312 g/mol. The van der Waals surface area contributed by atoms with Gasteiger partial charge in [0.05, 0.1) is 11.3 Å². The van der Waals surface area contributed by atoms with Crippen LogP contribution in [0.25, 0.3) is 0 Å². The number of halogens is 1. The number of anilines is 1. The molecular weight excluding hydrogens is 295 g/mol. The number of amides is 2. The topological polar surface area (TPSA) is 78.4 Å². The fraction of sp³-hybridized carbons (Fsp3) is 0.429. The molecule has 1 aliphatic rings. The van der Waals surface area contributed by atoms with E-state index in [-0.39, 0.29) is 11.3 Å². The molecular formula is C14H17FN2O3S. The van der Waals surface area contributed by atoms with Gasteiger partial charge >= 0.3 is 12.0 Å². The quantitative estimate of drug-likeness (QED) is 0.799. The summed E-state index contributed by atoms with van der Waals surface area (Å²) < 4.78 is 13.7. The molecule has 7 heteroatoms. The van der Waals surface area contributed by atoms with Crippen LogP contribution < -0.4 is 10.6 Å². The molecule has 1 fully saturated rings. The Morgan fingerprint density at radius 2 is 2.05 bits per heavy atom. The molecule has 0 unspecified atom stereocenters. The lowest BCUT2D eigenvalue weighted by atomic mass is 10.0. The molecule has 5 nitrogen and oxygen atoms in total. The number of para-hydroxylation sites is 1. The van der Waals surface area contributed by atoms with E-state index in [1.807, 2.05) is 11.8 Å². The molecule has 1 aromatic rings. The molecule has 2 amide bonds. The molecule has 0 aromatic heterocycles. The van der Waals surface area contributed by atoms with E-state index in [4.69, 9.17) is 5.11 Å². The number of urea groups is 1. The van der Waals surface area contributed by atoms with Crippen molar-refractivity contribution in [1.29, 1.82) is 0 Å². The molecule has 3 N–H and O–H groups in total. The maximum Gasteiger partial charge on any atom is 0.337 e. The number of rotatable bonds is 4. The Morgan fingerprint density at radius 1 is 1.33 bits per heavy atom. The lowest BCUT2D eigenvalue weighted by Crippen LogP contribution is -2.34. The van der Waals surface area contributed by atoms with Gasteiger partial charge in [-0.2, -0.15) is 11.8 Å². The van der Waals surface area contributed by atoms with Gasteiger partial charge in [-0.05, 0) is 42.4 Å². The first-order valence-corrected chi connectivity index (χ1v) is 7.88. The number of carboxylic acids is 1. The summed E-state index contributed by atoms with van der Waals surface area (Å²) in [5, 5.41) is 14.0. The number of benzene rings is 1. The van der Waals surface area contributed by atoms with Gasteiger partial charge in [0.2, 0.25) is 0 Å². The summed E-state index contributed by atoms with van der Waals surface area (Å²) in [6, 6.07) is 3.07. The van der Waals surface area contributed by atoms with Crippen LogP contribution in [0.2, 0.25) is 0 Å². The monoisotopic (exact) mass is 312 g/mol. The Kier molecular flexibility index (Phi) is 5.44. The van der Waals surface area contributed by atoms with Crippen molar-refractivity contribution < 1.29 is 19.1 Å². The highest BCUT2D eigenvalue weighted by Gasteiger charge is 2.18. The molecule has 1 aromatic carbocycles. The molecule has 2 rings (SSSR count). The number of thioether (sulfide) groups is 1. The number of aromatic carboxylic acids is 1. The van der Waals surface area contributed by atoms with Crippen LogP contribution in [0.3, 0.4) is 0 Å². The highest BCUT2D eigenvalue weighted by molar-refractivity contribution is 7.99. The second-order valence-electron chi connectivity index (χ2n) is 4.86. The van der Waals surface area contributed by atoms with Crippen LogP contribution >= 0.6 is 11.8 Å². The zero-order valence-corrected chi connectivity index (χ0v) is 12.2. The van der Waals surface area contributed by atoms with Crippen LogP contribution in [0.1, 0.15) is 23.2 Å². The third-order valence-electron chi connectivity index (χ3n) is 3.37. The maximum absolute atomic E-state index is 13.7. The van der Waals surface area contributed by atoms with Crippen molar-refractivity contribution in [2.24, 2.45) is 5.92 Å². The molecule has 0 aliphatic carbocycles. The molecule has 0 saturated carbocycles. The SMILES string of the molecule is O=C(NCC1CCSCC1)Nc1c(F)cccc1C(=O)O. The van der Waals surface area contributed by atoms with Gasteiger partial charge in [-0.3, -0.25) is 0 Å². The van der Waals surface area contributed by atoms with E-state index in [1.54, 1.807) is 0 Å². The summed E-state index contributed by atoms with van der Waals surface area (Å²) in [6.45, 7) is 0.517. The average Bonchev–Trinajstić information content (AvgIpc) is 2.48. The summed E-state index contributed by atoms with van der Waals surface area (Å²) in [7, 11) is 0. The first kappa shape index (κ1) is 15.6. The van der Waals surface area contributed by atoms with Crippen molar-refractivity contribution in [3.05, 3.63) is 29.6 Å². The number of carboxylic acid groups (broad SMARTS) is 1. The van der Waals surface area contributed by atoms with Crippen molar-refractivity contribution in [3.8, 4) is 0 Å². The van der Waals surface area contributed by atoms with Crippen molar-refractivity contribution in [1.82, 2.24) is 5.32 Å².